The van der Waals surface area contributed by atoms with Crippen molar-refractivity contribution in [3.8, 4) is 0 Å². The average molecular weight is 468 g/mol. The summed E-state index contributed by atoms with van der Waals surface area (Å²) in [6, 6.07) is 0. The lowest BCUT2D eigenvalue weighted by molar-refractivity contribution is -0.156. The average Bonchev–Trinajstić information content (AvgIpc) is 3.24. The summed E-state index contributed by atoms with van der Waals surface area (Å²) < 4.78 is 4.44. The second-order valence-corrected chi connectivity index (χ2v) is 10.0. The number of halogens is 2. The molecule has 4 fully saturated rings. The first kappa shape index (κ1) is 18.6. The molecule has 4 aliphatic carbocycles. The second-order valence-electron chi connectivity index (χ2n) is 8.89. The van der Waals surface area contributed by atoms with Crippen LogP contribution >= 0.6 is 27.5 Å². The molecule has 1 amide bonds. The first-order valence-electron chi connectivity index (χ1n) is 9.99. The summed E-state index contributed by atoms with van der Waals surface area (Å²) in [4.78, 5) is 17.7. The van der Waals surface area contributed by atoms with Crippen molar-refractivity contribution in [2.24, 2.45) is 17.3 Å². The minimum atomic E-state index is -0.317. The molecular formula is C19H24BrClN6O. The van der Waals surface area contributed by atoms with Gasteiger partial charge in [0.25, 0.3) is 0 Å². The predicted octanol–water partition coefficient (Wildman–Crippen LogP) is 3.52. The van der Waals surface area contributed by atoms with E-state index in [1.54, 1.807) is 4.68 Å². The minimum Gasteiger partial charge on any atom is -0.350 e. The molecule has 2 aromatic rings. The Balaban J connectivity index is 1.38. The zero-order chi connectivity index (χ0) is 19.5. The van der Waals surface area contributed by atoms with E-state index in [2.05, 4.69) is 36.4 Å². The third-order valence-corrected chi connectivity index (χ3v) is 7.67. The Morgan fingerprint density at radius 1 is 1.32 bits per heavy atom. The van der Waals surface area contributed by atoms with Gasteiger partial charge >= 0.3 is 0 Å². The number of amides is 1. The Morgan fingerprint density at radius 3 is 2.68 bits per heavy atom. The van der Waals surface area contributed by atoms with Gasteiger partial charge in [0.05, 0.1) is 22.5 Å². The molecule has 2 atom stereocenters. The van der Waals surface area contributed by atoms with Crippen molar-refractivity contribution in [1.29, 1.82) is 0 Å². The van der Waals surface area contributed by atoms with Crippen LogP contribution < -0.4 is 5.32 Å². The first-order valence-corrected chi connectivity index (χ1v) is 11.2. The van der Waals surface area contributed by atoms with E-state index in [1.807, 2.05) is 24.1 Å². The lowest BCUT2D eigenvalue weighted by Crippen LogP contribution is -2.61. The molecule has 0 aromatic carbocycles. The zero-order valence-electron chi connectivity index (χ0n) is 15.9. The van der Waals surface area contributed by atoms with Crippen molar-refractivity contribution in [1.82, 2.24) is 29.9 Å². The number of nitrogens with zero attached hydrogens (tertiary/aromatic N) is 5. The zero-order valence-corrected chi connectivity index (χ0v) is 18.2. The number of carbonyl (C=O) groups is 1. The molecule has 0 spiro atoms. The molecule has 2 aromatic heterocycles. The Bertz CT molecular complexity index is 909. The lowest BCUT2D eigenvalue weighted by atomic mass is 9.46. The van der Waals surface area contributed by atoms with Gasteiger partial charge in [0.15, 0.2) is 0 Å². The fourth-order valence-corrected chi connectivity index (χ4v) is 6.77. The van der Waals surface area contributed by atoms with Gasteiger partial charge in [0.1, 0.15) is 12.0 Å². The predicted molar refractivity (Wildman–Crippen MR) is 108 cm³/mol. The maximum absolute atomic E-state index is 13.4. The summed E-state index contributed by atoms with van der Waals surface area (Å²) in [5, 5.41) is 12.8. The molecule has 1 N–H and O–H groups in total. The largest absolute Gasteiger partial charge is 0.350 e. The topological polar surface area (TPSA) is 77.6 Å². The Labute approximate surface area is 177 Å². The van der Waals surface area contributed by atoms with Crippen LogP contribution in [0.2, 0.25) is 5.02 Å². The molecule has 6 rings (SSSR count). The molecule has 2 heterocycles. The molecule has 2 unspecified atom stereocenters. The standard InChI is InChI=1S/C19H24BrClN6O/c1-2-26-9-14(21)15(24-26)8-22-16(28)18-4-12-3-13(5-18)7-19(6-12,10-18)27-11-23-17(20)25-27/h9,11-13H,2-8,10H2,1H3,(H,22,28). The summed E-state index contributed by atoms with van der Waals surface area (Å²) in [6.45, 7) is 3.16. The number of aryl methyl sites for hydroxylation is 1. The number of aromatic nitrogens is 5. The molecule has 0 radical (unpaired) electrons. The van der Waals surface area contributed by atoms with E-state index < -0.39 is 0 Å². The second kappa shape index (κ2) is 6.55. The van der Waals surface area contributed by atoms with E-state index in [-0.39, 0.29) is 16.9 Å². The van der Waals surface area contributed by atoms with Gasteiger partial charge in [-0.25, -0.2) is 9.67 Å². The maximum atomic E-state index is 13.4. The Kier molecular flexibility index (Phi) is 4.36. The molecule has 0 saturated heterocycles. The molecular weight excluding hydrogens is 444 g/mol. The van der Waals surface area contributed by atoms with Crippen LogP contribution in [0.4, 0.5) is 0 Å². The number of hydrogen-bond acceptors (Lipinski definition) is 4. The maximum Gasteiger partial charge on any atom is 0.226 e. The SMILES string of the molecule is CCn1cc(Cl)c(CNC(=O)C23CC4CC(C2)CC(n2cnc(Br)n2)(C4)C3)n1. The fraction of sp³-hybridized carbons (Fsp3) is 0.684. The van der Waals surface area contributed by atoms with E-state index in [9.17, 15) is 4.79 Å². The van der Waals surface area contributed by atoms with Gasteiger partial charge in [0, 0.05) is 12.7 Å². The van der Waals surface area contributed by atoms with Crippen molar-refractivity contribution in [3.63, 3.8) is 0 Å². The van der Waals surface area contributed by atoms with Gasteiger partial charge in [-0.1, -0.05) is 11.6 Å². The van der Waals surface area contributed by atoms with E-state index in [1.165, 1.54) is 6.42 Å². The normalized spacial score (nSPS) is 33.4. The van der Waals surface area contributed by atoms with Crippen molar-refractivity contribution in [3.05, 3.63) is 28.0 Å². The van der Waals surface area contributed by atoms with Crippen molar-refractivity contribution in [2.75, 3.05) is 0 Å². The van der Waals surface area contributed by atoms with E-state index in [4.69, 9.17) is 11.6 Å². The summed E-state index contributed by atoms with van der Waals surface area (Å²) in [5.41, 5.74) is 0.334. The minimum absolute atomic E-state index is 0.0815. The van der Waals surface area contributed by atoms with Gasteiger partial charge in [0.2, 0.25) is 10.6 Å². The highest BCUT2D eigenvalue weighted by Gasteiger charge is 2.61. The van der Waals surface area contributed by atoms with E-state index in [0.717, 1.165) is 44.3 Å². The van der Waals surface area contributed by atoms with Crippen LogP contribution in [0.15, 0.2) is 17.3 Å². The highest BCUT2D eigenvalue weighted by atomic mass is 79.9. The molecule has 28 heavy (non-hydrogen) atoms. The monoisotopic (exact) mass is 466 g/mol. The van der Waals surface area contributed by atoms with Crippen molar-refractivity contribution < 1.29 is 4.79 Å². The fourth-order valence-electron chi connectivity index (χ4n) is 6.29. The molecule has 0 aliphatic heterocycles. The molecule has 9 heteroatoms. The highest BCUT2D eigenvalue weighted by molar-refractivity contribution is 9.10. The van der Waals surface area contributed by atoms with Crippen molar-refractivity contribution in [2.45, 2.75) is 64.1 Å². The lowest BCUT2D eigenvalue weighted by Gasteiger charge is -2.60. The highest BCUT2D eigenvalue weighted by Crippen LogP contribution is 2.64. The summed E-state index contributed by atoms with van der Waals surface area (Å²) in [5.74, 6) is 1.31. The van der Waals surface area contributed by atoms with Crippen molar-refractivity contribution >= 4 is 33.4 Å². The van der Waals surface area contributed by atoms with Crippen LogP contribution in [-0.4, -0.2) is 30.5 Å². The number of rotatable bonds is 5. The Hall–Kier alpha value is -1.41. The summed E-state index contributed by atoms with van der Waals surface area (Å²) in [7, 11) is 0. The van der Waals surface area contributed by atoms with Gasteiger partial charge in [-0.05, 0) is 73.2 Å². The summed E-state index contributed by atoms with van der Waals surface area (Å²) in [6.07, 6.45) is 9.85. The number of nitrogens with one attached hydrogen (secondary N) is 1. The molecule has 7 nitrogen and oxygen atoms in total. The van der Waals surface area contributed by atoms with Crippen LogP contribution in [0.5, 0.6) is 0 Å². The van der Waals surface area contributed by atoms with Gasteiger partial charge in [-0.3, -0.25) is 9.48 Å². The van der Waals surface area contributed by atoms with E-state index >= 15 is 0 Å². The smallest absolute Gasteiger partial charge is 0.226 e. The quantitative estimate of drug-likeness (QED) is 0.730. The molecule has 150 valence electrons. The molecule has 4 saturated carbocycles. The van der Waals surface area contributed by atoms with Crippen LogP contribution in [-0.2, 0) is 23.4 Å². The summed E-state index contributed by atoms with van der Waals surface area (Å²) >= 11 is 9.65. The van der Waals surface area contributed by atoms with Gasteiger partial charge < -0.3 is 5.32 Å². The van der Waals surface area contributed by atoms with Crippen LogP contribution in [0.1, 0.15) is 51.1 Å². The van der Waals surface area contributed by atoms with Gasteiger partial charge in [-0.15, -0.1) is 5.10 Å². The van der Waals surface area contributed by atoms with Crippen LogP contribution in [0, 0.1) is 17.3 Å². The van der Waals surface area contributed by atoms with E-state index in [0.29, 0.717) is 28.1 Å². The third-order valence-electron chi connectivity index (χ3n) is 6.99. The molecule has 4 bridgehead atoms. The number of carbonyl (C=O) groups excluding carboxylic acids is 1. The third kappa shape index (κ3) is 2.91. The van der Waals surface area contributed by atoms with Crippen LogP contribution in [0.3, 0.4) is 0 Å². The Morgan fingerprint density at radius 2 is 2.07 bits per heavy atom. The first-order chi connectivity index (χ1) is 13.4. The van der Waals surface area contributed by atoms with Crippen LogP contribution in [0.25, 0.3) is 0 Å². The van der Waals surface area contributed by atoms with Gasteiger partial charge in [-0.2, -0.15) is 5.10 Å². The number of hydrogen-bond donors (Lipinski definition) is 1. The molecule has 4 aliphatic rings.